The molecule has 5 rings (SSSR count). The largest absolute Gasteiger partial charge is 0.497 e. The number of aromatic nitrogens is 3. The van der Waals surface area contributed by atoms with Crippen LogP contribution < -0.4 is 15.0 Å². The minimum Gasteiger partial charge on any atom is -0.497 e. The summed E-state index contributed by atoms with van der Waals surface area (Å²) in [5.41, 5.74) is 2.99. The quantitative estimate of drug-likeness (QED) is 0.380. The molecule has 0 radical (unpaired) electrons. The number of methoxy groups -OCH3 is 1. The van der Waals surface area contributed by atoms with Crippen molar-refractivity contribution in [2.45, 2.75) is 19.9 Å². The van der Waals surface area contributed by atoms with Gasteiger partial charge in [-0.3, -0.25) is 14.3 Å². The maximum Gasteiger partial charge on any atom is 0.229 e. The van der Waals surface area contributed by atoms with Gasteiger partial charge in [0, 0.05) is 60.7 Å². The second-order valence-electron chi connectivity index (χ2n) is 9.11. The van der Waals surface area contributed by atoms with Crippen molar-refractivity contribution >= 4 is 34.5 Å². The van der Waals surface area contributed by atoms with Crippen LogP contribution in [0.15, 0.2) is 54.9 Å². The van der Waals surface area contributed by atoms with Crippen LogP contribution in [0.2, 0.25) is 0 Å². The van der Waals surface area contributed by atoms with Gasteiger partial charge in [-0.1, -0.05) is 6.07 Å². The van der Waals surface area contributed by atoms with E-state index in [0.717, 1.165) is 50.0 Å². The van der Waals surface area contributed by atoms with Gasteiger partial charge >= 0.3 is 0 Å². The maximum atomic E-state index is 14.9. The number of hydrogen-bond donors (Lipinski definition) is 1. The third-order valence-corrected chi connectivity index (χ3v) is 6.64. The first-order chi connectivity index (χ1) is 17.5. The van der Waals surface area contributed by atoms with E-state index in [9.17, 15) is 9.18 Å². The van der Waals surface area contributed by atoms with Crippen molar-refractivity contribution in [3.8, 4) is 11.6 Å². The Bertz CT molecular complexity index is 1390. The first-order valence-corrected chi connectivity index (χ1v) is 12.0. The molecule has 0 unspecified atom stereocenters. The highest BCUT2D eigenvalue weighted by Gasteiger charge is 2.20. The molecule has 2 aromatic heterocycles. The summed E-state index contributed by atoms with van der Waals surface area (Å²) in [6, 6.07) is 13.9. The second-order valence-corrected chi connectivity index (χ2v) is 9.11. The van der Waals surface area contributed by atoms with Crippen LogP contribution in [0, 0.1) is 5.82 Å². The zero-order valence-electron chi connectivity index (χ0n) is 20.6. The highest BCUT2D eigenvalue weighted by Crippen LogP contribution is 2.29. The number of benzene rings is 2. The van der Waals surface area contributed by atoms with Gasteiger partial charge in [0.1, 0.15) is 5.75 Å². The number of aldehydes is 1. The van der Waals surface area contributed by atoms with Gasteiger partial charge < -0.3 is 15.0 Å². The summed E-state index contributed by atoms with van der Waals surface area (Å²) in [4.78, 5) is 25.1. The van der Waals surface area contributed by atoms with Gasteiger partial charge in [0.25, 0.3) is 0 Å². The molecule has 2 aromatic carbocycles. The summed E-state index contributed by atoms with van der Waals surface area (Å²) < 4.78 is 21.7. The number of nitrogens with one attached hydrogen (secondary N) is 1. The fraction of sp³-hybridized carbons (Fsp3) is 0.296. The van der Waals surface area contributed by atoms with E-state index in [2.05, 4.69) is 51.1 Å². The van der Waals surface area contributed by atoms with Crippen LogP contribution in [-0.4, -0.2) is 65.1 Å². The van der Waals surface area contributed by atoms with Crippen LogP contribution in [0.25, 0.3) is 16.7 Å². The summed E-state index contributed by atoms with van der Waals surface area (Å²) in [6.07, 6.45) is 3.45. The summed E-state index contributed by atoms with van der Waals surface area (Å²) in [5, 5.41) is 3.86. The van der Waals surface area contributed by atoms with Crippen molar-refractivity contribution in [1.82, 2.24) is 19.4 Å². The standard InChI is InChI=1S/C27H29FN6O2/c1-18(2)32-9-11-33(12-10-32)21-6-4-5-20(13-21)30-27-29-15-24(28)26(31-27)34-16-19(17-35)23-14-22(36-3)7-8-25(23)34/h4-8,13-18H,9-12H2,1-3H3,(H,29,30,31). The smallest absolute Gasteiger partial charge is 0.229 e. The number of carbonyl (C=O) groups excluding carboxylic acids is 1. The molecule has 0 amide bonds. The Morgan fingerprint density at radius 1 is 1.11 bits per heavy atom. The Labute approximate surface area is 209 Å². The van der Waals surface area contributed by atoms with Gasteiger partial charge in [-0.05, 0) is 50.2 Å². The molecule has 9 heteroatoms. The van der Waals surface area contributed by atoms with E-state index in [1.807, 2.05) is 12.1 Å². The van der Waals surface area contributed by atoms with Crippen LogP contribution in [0.4, 0.5) is 21.7 Å². The van der Waals surface area contributed by atoms with E-state index in [1.54, 1.807) is 36.1 Å². The Kier molecular flexibility index (Phi) is 6.56. The van der Waals surface area contributed by atoms with Gasteiger partial charge in [-0.2, -0.15) is 4.98 Å². The topological polar surface area (TPSA) is 75.5 Å². The minimum atomic E-state index is -0.595. The lowest BCUT2D eigenvalue weighted by molar-refractivity contribution is 0.112. The normalized spacial score (nSPS) is 14.4. The predicted molar refractivity (Wildman–Crippen MR) is 139 cm³/mol. The molecular formula is C27H29FN6O2. The number of carbonyl (C=O) groups is 1. The molecule has 1 N–H and O–H groups in total. The summed E-state index contributed by atoms with van der Waals surface area (Å²) in [5.74, 6) is 0.328. The third-order valence-electron chi connectivity index (χ3n) is 6.64. The molecule has 4 aromatic rings. The number of hydrogen-bond acceptors (Lipinski definition) is 7. The number of anilines is 3. The molecule has 1 aliphatic heterocycles. The Balaban J connectivity index is 1.42. The van der Waals surface area contributed by atoms with Crippen molar-refractivity contribution in [3.63, 3.8) is 0 Å². The summed E-state index contributed by atoms with van der Waals surface area (Å²) in [7, 11) is 1.56. The number of nitrogens with zero attached hydrogens (tertiary/aromatic N) is 5. The minimum absolute atomic E-state index is 0.0525. The van der Waals surface area contributed by atoms with Crippen molar-refractivity contribution in [2.75, 3.05) is 43.5 Å². The highest BCUT2D eigenvalue weighted by atomic mass is 19.1. The molecule has 186 valence electrons. The fourth-order valence-electron chi connectivity index (χ4n) is 4.62. The van der Waals surface area contributed by atoms with Crippen LogP contribution in [0.1, 0.15) is 24.2 Å². The van der Waals surface area contributed by atoms with Crippen LogP contribution in [0.5, 0.6) is 5.75 Å². The van der Waals surface area contributed by atoms with Crippen LogP contribution in [-0.2, 0) is 0 Å². The first-order valence-electron chi connectivity index (χ1n) is 12.0. The predicted octanol–water partition coefficient (Wildman–Crippen LogP) is 4.65. The SMILES string of the molecule is COc1ccc2c(c1)c(C=O)cn2-c1nc(Nc2cccc(N3CCN(C(C)C)CC3)c2)ncc1F. The third kappa shape index (κ3) is 4.61. The average Bonchev–Trinajstić information content (AvgIpc) is 3.27. The van der Waals surface area contributed by atoms with Gasteiger partial charge in [0.15, 0.2) is 17.9 Å². The van der Waals surface area contributed by atoms with Gasteiger partial charge in [0.2, 0.25) is 5.95 Å². The first kappa shape index (κ1) is 23.7. The lowest BCUT2D eigenvalue weighted by Crippen LogP contribution is -2.48. The molecule has 0 saturated carbocycles. The molecule has 0 aliphatic carbocycles. The van der Waals surface area contributed by atoms with Crippen molar-refractivity contribution in [3.05, 3.63) is 66.2 Å². The zero-order chi connectivity index (χ0) is 25.2. The Morgan fingerprint density at radius 3 is 2.64 bits per heavy atom. The van der Waals surface area contributed by atoms with Gasteiger partial charge in [-0.25, -0.2) is 9.37 Å². The fourth-order valence-corrected chi connectivity index (χ4v) is 4.62. The average molecular weight is 489 g/mol. The number of ether oxygens (including phenoxy) is 1. The van der Waals surface area contributed by atoms with E-state index in [-0.39, 0.29) is 11.8 Å². The van der Waals surface area contributed by atoms with Gasteiger partial charge in [-0.15, -0.1) is 0 Å². The van der Waals surface area contributed by atoms with Crippen molar-refractivity contribution in [1.29, 1.82) is 0 Å². The maximum absolute atomic E-state index is 14.9. The number of halogens is 1. The van der Waals surface area contributed by atoms with E-state index in [0.29, 0.717) is 28.3 Å². The van der Waals surface area contributed by atoms with Crippen LogP contribution >= 0.6 is 0 Å². The molecular weight excluding hydrogens is 459 g/mol. The van der Waals surface area contributed by atoms with E-state index in [4.69, 9.17) is 4.74 Å². The number of rotatable bonds is 7. The van der Waals surface area contributed by atoms with Crippen molar-refractivity contribution in [2.24, 2.45) is 0 Å². The molecule has 1 saturated heterocycles. The molecule has 8 nitrogen and oxygen atoms in total. The molecule has 36 heavy (non-hydrogen) atoms. The summed E-state index contributed by atoms with van der Waals surface area (Å²) in [6.45, 7) is 8.43. The summed E-state index contributed by atoms with van der Waals surface area (Å²) >= 11 is 0. The highest BCUT2D eigenvalue weighted by molar-refractivity contribution is 5.99. The zero-order valence-corrected chi connectivity index (χ0v) is 20.6. The van der Waals surface area contributed by atoms with E-state index in [1.165, 1.54) is 0 Å². The van der Waals surface area contributed by atoms with Crippen LogP contribution in [0.3, 0.4) is 0 Å². The number of piperazine rings is 1. The lowest BCUT2D eigenvalue weighted by atomic mass is 10.2. The Hall–Kier alpha value is -3.98. The molecule has 0 bridgehead atoms. The van der Waals surface area contributed by atoms with Gasteiger partial charge in [0.05, 0.1) is 18.8 Å². The Morgan fingerprint density at radius 2 is 1.92 bits per heavy atom. The van der Waals surface area contributed by atoms with E-state index < -0.39 is 5.82 Å². The molecule has 0 spiro atoms. The second kappa shape index (κ2) is 9.94. The van der Waals surface area contributed by atoms with E-state index >= 15 is 0 Å². The monoisotopic (exact) mass is 488 g/mol. The van der Waals surface area contributed by atoms with Crippen molar-refractivity contribution < 1.29 is 13.9 Å². The molecule has 1 fully saturated rings. The molecule has 1 aliphatic rings. The molecule has 0 atom stereocenters. The lowest BCUT2D eigenvalue weighted by Gasteiger charge is -2.38. The number of fused-ring (bicyclic) bond motifs is 1. The molecule has 3 heterocycles.